The van der Waals surface area contributed by atoms with Gasteiger partial charge in [-0.3, -0.25) is 9.36 Å². The van der Waals surface area contributed by atoms with Gasteiger partial charge in [0.2, 0.25) is 5.88 Å². The molecule has 1 aromatic heterocycles. The minimum Gasteiger partial charge on any atom is -0.493 e. The highest BCUT2D eigenvalue weighted by atomic mass is 16.3. The van der Waals surface area contributed by atoms with E-state index in [9.17, 15) is 15.2 Å². The molecule has 0 aliphatic carbocycles. The Hall–Kier alpha value is -3.72. The molecule has 1 heterocycles. The van der Waals surface area contributed by atoms with Crippen LogP contribution in [0.1, 0.15) is 31.0 Å². The van der Waals surface area contributed by atoms with Crippen LogP contribution < -0.4 is 5.56 Å². The number of rotatable bonds is 4. The van der Waals surface area contributed by atoms with Crippen LogP contribution in [0, 0.1) is 18.3 Å². The smallest absolute Gasteiger partial charge is 0.281 e. The van der Waals surface area contributed by atoms with Crippen molar-refractivity contribution in [2.45, 2.75) is 26.8 Å². The Labute approximate surface area is 163 Å². The largest absolute Gasteiger partial charge is 0.493 e. The van der Waals surface area contributed by atoms with Crippen LogP contribution in [-0.4, -0.2) is 9.67 Å². The van der Waals surface area contributed by atoms with Gasteiger partial charge in [-0.1, -0.05) is 42.5 Å². The highest BCUT2D eigenvalue weighted by Gasteiger charge is 2.20. The molecule has 0 amide bonds. The van der Waals surface area contributed by atoms with E-state index in [1.165, 1.54) is 0 Å². The van der Waals surface area contributed by atoms with Crippen molar-refractivity contribution in [3.8, 4) is 23.1 Å². The van der Waals surface area contributed by atoms with Gasteiger partial charge in [-0.05, 0) is 44.0 Å². The molecular weight excluding hydrogens is 352 g/mol. The molecule has 2 aromatic carbocycles. The molecule has 3 rings (SSSR count). The Morgan fingerprint density at radius 3 is 2.18 bits per heavy atom. The summed E-state index contributed by atoms with van der Waals surface area (Å²) in [7, 11) is 0. The van der Waals surface area contributed by atoms with Crippen molar-refractivity contribution in [3.05, 3.63) is 76.1 Å². The van der Waals surface area contributed by atoms with Crippen molar-refractivity contribution in [2.24, 2.45) is 10.2 Å². The molecule has 0 spiro atoms. The average Bonchev–Trinajstić information content (AvgIpc) is 2.69. The number of nitrogens with zero attached hydrogens (tertiary/aromatic N) is 4. The minimum atomic E-state index is -0.478. The maximum atomic E-state index is 12.7. The Bertz CT molecular complexity index is 1120. The van der Waals surface area contributed by atoms with Crippen LogP contribution in [-0.2, 0) is 0 Å². The third kappa shape index (κ3) is 3.55. The summed E-state index contributed by atoms with van der Waals surface area (Å²) in [5.74, 6) is -0.342. The third-order valence-electron chi connectivity index (χ3n) is 4.47. The number of nitriles is 1. The molecule has 0 unspecified atom stereocenters. The van der Waals surface area contributed by atoms with Gasteiger partial charge >= 0.3 is 0 Å². The molecule has 3 aromatic rings. The van der Waals surface area contributed by atoms with Gasteiger partial charge in [-0.15, -0.1) is 5.11 Å². The second-order valence-electron chi connectivity index (χ2n) is 6.67. The van der Waals surface area contributed by atoms with Gasteiger partial charge in [0.05, 0.1) is 5.69 Å². The predicted octanol–water partition coefficient (Wildman–Crippen LogP) is 5.40. The van der Waals surface area contributed by atoms with E-state index in [1.807, 2.05) is 60.7 Å². The molecule has 0 saturated carbocycles. The molecular formula is C22H20N4O2. The lowest BCUT2D eigenvalue weighted by Crippen LogP contribution is -2.23. The monoisotopic (exact) mass is 372 g/mol. The van der Waals surface area contributed by atoms with Crippen LogP contribution in [0.3, 0.4) is 0 Å². The second kappa shape index (κ2) is 7.89. The molecule has 0 aliphatic rings. The van der Waals surface area contributed by atoms with Gasteiger partial charge in [0.25, 0.3) is 5.56 Å². The lowest BCUT2D eigenvalue weighted by atomic mass is 10.1. The first-order valence-electron chi connectivity index (χ1n) is 8.89. The predicted molar refractivity (Wildman–Crippen MR) is 108 cm³/mol. The van der Waals surface area contributed by atoms with Crippen LogP contribution >= 0.6 is 0 Å². The SMILES string of the molecule is Cc1c(C#N)c(O)n(C(C)C)c(=O)c1N=Nc1ccc(-c2ccccc2)cc1. The van der Waals surface area contributed by atoms with Crippen molar-refractivity contribution in [2.75, 3.05) is 0 Å². The zero-order valence-corrected chi connectivity index (χ0v) is 15.9. The van der Waals surface area contributed by atoms with Crippen molar-refractivity contribution in [3.63, 3.8) is 0 Å². The fourth-order valence-corrected chi connectivity index (χ4v) is 2.97. The fraction of sp³-hybridized carbons (Fsp3) is 0.182. The van der Waals surface area contributed by atoms with E-state index in [0.717, 1.165) is 15.7 Å². The standard InChI is InChI=1S/C22H20N4O2/c1-14(2)26-21(27)19(13-23)15(3)20(22(26)28)25-24-18-11-9-17(10-12-18)16-7-5-4-6-8-16/h4-12,14,27H,1-3H3. The summed E-state index contributed by atoms with van der Waals surface area (Å²) in [6.45, 7) is 5.08. The van der Waals surface area contributed by atoms with E-state index >= 15 is 0 Å². The van der Waals surface area contributed by atoms with Crippen LogP contribution in [0.2, 0.25) is 0 Å². The van der Waals surface area contributed by atoms with Gasteiger partial charge in [-0.2, -0.15) is 10.4 Å². The Balaban J connectivity index is 2.00. The zero-order chi connectivity index (χ0) is 20.3. The van der Waals surface area contributed by atoms with Crippen molar-refractivity contribution < 1.29 is 5.11 Å². The summed E-state index contributed by atoms with van der Waals surface area (Å²) in [5, 5.41) is 27.8. The Morgan fingerprint density at radius 2 is 1.61 bits per heavy atom. The summed E-state index contributed by atoms with van der Waals surface area (Å²) < 4.78 is 1.15. The van der Waals surface area contributed by atoms with Crippen molar-refractivity contribution >= 4 is 11.4 Å². The fourth-order valence-electron chi connectivity index (χ4n) is 2.97. The van der Waals surface area contributed by atoms with E-state index < -0.39 is 5.56 Å². The highest BCUT2D eigenvalue weighted by Crippen LogP contribution is 2.29. The van der Waals surface area contributed by atoms with Crippen LogP contribution in [0.25, 0.3) is 11.1 Å². The summed E-state index contributed by atoms with van der Waals surface area (Å²) in [6.07, 6.45) is 0. The lowest BCUT2D eigenvalue weighted by Gasteiger charge is -2.15. The average molecular weight is 372 g/mol. The number of pyridine rings is 1. The molecule has 1 N–H and O–H groups in total. The number of hydrogen-bond donors (Lipinski definition) is 1. The molecule has 28 heavy (non-hydrogen) atoms. The van der Waals surface area contributed by atoms with Gasteiger partial charge in [0.15, 0.2) is 5.69 Å². The molecule has 0 aliphatic heterocycles. The van der Waals surface area contributed by atoms with E-state index in [-0.39, 0.29) is 23.2 Å². The number of aromatic hydroxyl groups is 1. The maximum absolute atomic E-state index is 12.7. The molecule has 0 radical (unpaired) electrons. The molecule has 6 heteroatoms. The van der Waals surface area contributed by atoms with Gasteiger partial charge in [0, 0.05) is 11.6 Å². The molecule has 0 bridgehead atoms. The molecule has 0 saturated heterocycles. The Morgan fingerprint density at radius 1 is 1.00 bits per heavy atom. The van der Waals surface area contributed by atoms with Gasteiger partial charge in [0.1, 0.15) is 11.6 Å². The third-order valence-corrected chi connectivity index (χ3v) is 4.47. The first kappa shape index (κ1) is 19.1. The number of hydrogen-bond acceptors (Lipinski definition) is 5. The summed E-state index contributed by atoms with van der Waals surface area (Å²) in [5.41, 5.74) is 2.64. The normalized spacial score (nSPS) is 11.1. The first-order chi connectivity index (χ1) is 13.4. The molecule has 6 nitrogen and oxygen atoms in total. The van der Waals surface area contributed by atoms with Crippen molar-refractivity contribution in [1.82, 2.24) is 4.57 Å². The number of azo groups is 1. The van der Waals surface area contributed by atoms with Gasteiger partial charge < -0.3 is 5.11 Å². The second-order valence-corrected chi connectivity index (χ2v) is 6.67. The molecule has 0 fully saturated rings. The Kier molecular flexibility index (Phi) is 5.37. The van der Waals surface area contributed by atoms with Crippen LogP contribution in [0.5, 0.6) is 5.88 Å². The van der Waals surface area contributed by atoms with Gasteiger partial charge in [-0.25, -0.2) is 0 Å². The molecule has 140 valence electrons. The van der Waals surface area contributed by atoms with E-state index in [1.54, 1.807) is 20.8 Å². The highest BCUT2D eigenvalue weighted by molar-refractivity contribution is 5.65. The van der Waals surface area contributed by atoms with E-state index in [2.05, 4.69) is 10.2 Å². The summed E-state index contributed by atoms with van der Waals surface area (Å²) >= 11 is 0. The summed E-state index contributed by atoms with van der Waals surface area (Å²) in [6, 6.07) is 19.1. The van der Waals surface area contributed by atoms with E-state index in [4.69, 9.17) is 0 Å². The molecule has 0 atom stereocenters. The first-order valence-corrected chi connectivity index (χ1v) is 8.89. The quantitative estimate of drug-likeness (QED) is 0.622. The number of aromatic nitrogens is 1. The number of benzene rings is 2. The summed E-state index contributed by atoms with van der Waals surface area (Å²) in [4.78, 5) is 12.7. The van der Waals surface area contributed by atoms with Crippen molar-refractivity contribution in [1.29, 1.82) is 5.26 Å². The minimum absolute atomic E-state index is 0.0293. The zero-order valence-electron chi connectivity index (χ0n) is 15.9. The van der Waals surface area contributed by atoms with E-state index in [0.29, 0.717) is 11.3 Å². The van der Waals surface area contributed by atoms with Crippen LogP contribution in [0.15, 0.2) is 69.6 Å². The topological polar surface area (TPSA) is 90.7 Å². The lowest BCUT2D eigenvalue weighted by molar-refractivity contribution is 0.386. The maximum Gasteiger partial charge on any atom is 0.281 e. The van der Waals surface area contributed by atoms with Crippen LogP contribution in [0.4, 0.5) is 11.4 Å².